The van der Waals surface area contributed by atoms with Gasteiger partial charge >= 0.3 is 0 Å². The van der Waals surface area contributed by atoms with Gasteiger partial charge in [-0.25, -0.2) is 13.1 Å². The lowest BCUT2D eigenvalue weighted by Crippen LogP contribution is -2.25. The van der Waals surface area contributed by atoms with E-state index in [1.807, 2.05) is 6.92 Å². The lowest BCUT2D eigenvalue weighted by molar-refractivity contribution is 0.108. The second-order valence-corrected chi connectivity index (χ2v) is 7.13. The summed E-state index contributed by atoms with van der Waals surface area (Å²) in [5.74, 6) is 0.497. The van der Waals surface area contributed by atoms with Crippen LogP contribution in [0.2, 0.25) is 0 Å². The summed E-state index contributed by atoms with van der Waals surface area (Å²) in [6.45, 7) is 9.31. The summed E-state index contributed by atoms with van der Waals surface area (Å²) >= 11 is 0. The van der Waals surface area contributed by atoms with Crippen molar-refractivity contribution in [3.8, 4) is 0 Å². The van der Waals surface area contributed by atoms with Crippen LogP contribution in [0.25, 0.3) is 0 Å². The maximum Gasteiger partial charge on any atom is 0.242 e. The lowest BCUT2D eigenvalue weighted by atomic mass is 10.2. The third kappa shape index (κ3) is 7.08. The van der Waals surface area contributed by atoms with Gasteiger partial charge in [0.2, 0.25) is 10.0 Å². The Bertz CT molecular complexity index is 497. The highest BCUT2D eigenvalue weighted by molar-refractivity contribution is 7.89. The maximum atomic E-state index is 12.1. The zero-order chi connectivity index (χ0) is 15.7. The van der Waals surface area contributed by atoms with E-state index in [0.29, 0.717) is 38.6 Å². The molecule has 122 valence electrons. The van der Waals surface area contributed by atoms with E-state index in [4.69, 9.17) is 4.74 Å². The monoisotopic (exact) mass is 317 g/mol. The average Bonchev–Trinajstić information content (AvgIpc) is 2.89. The number of sulfonamides is 1. The van der Waals surface area contributed by atoms with E-state index in [1.165, 1.54) is 6.20 Å². The minimum Gasteiger partial charge on any atom is -0.381 e. The standard InChI is InChI=1S/C14H27N3O3S/c1-4-15-9-13-8-14(10-16-13)21(18,19)17-6-5-7-20-11-12(2)3/h8,10,12,15-17H,4-7,9,11H2,1-3H3. The minimum atomic E-state index is -3.43. The van der Waals surface area contributed by atoms with Gasteiger partial charge in [0, 0.05) is 38.2 Å². The summed E-state index contributed by atoms with van der Waals surface area (Å²) in [6.07, 6.45) is 2.19. The Balaban J connectivity index is 2.34. The predicted octanol–water partition coefficient (Wildman–Crippen LogP) is 1.47. The first-order chi connectivity index (χ1) is 9.95. The fraction of sp³-hybridized carbons (Fsp3) is 0.714. The molecule has 0 saturated carbocycles. The van der Waals surface area contributed by atoms with Gasteiger partial charge in [-0.05, 0) is 24.9 Å². The van der Waals surface area contributed by atoms with Crippen LogP contribution in [0.15, 0.2) is 17.2 Å². The van der Waals surface area contributed by atoms with Gasteiger partial charge in [0.15, 0.2) is 0 Å². The minimum absolute atomic E-state index is 0.276. The number of hydrogen-bond acceptors (Lipinski definition) is 4. The van der Waals surface area contributed by atoms with Gasteiger partial charge in [0.1, 0.15) is 0 Å². The zero-order valence-corrected chi connectivity index (χ0v) is 13.9. The average molecular weight is 317 g/mol. The maximum absolute atomic E-state index is 12.1. The number of nitrogens with one attached hydrogen (secondary N) is 3. The molecule has 0 atom stereocenters. The zero-order valence-electron chi connectivity index (χ0n) is 13.1. The quantitative estimate of drug-likeness (QED) is 0.540. The van der Waals surface area contributed by atoms with Crippen LogP contribution in [0.1, 0.15) is 32.9 Å². The fourth-order valence-corrected chi connectivity index (χ4v) is 2.81. The first-order valence-corrected chi connectivity index (χ1v) is 8.89. The van der Waals surface area contributed by atoms with Gasteiger partial charge in [0.25, 0.3) is 0 Å². The Morgan fingerprint density at radius 2 is 2.14 bits per heavy atom. The molecule has 0 saturated heterocycles. The van der Waals surface area contributed by atoms with Crippen molar-refractivity contribution < 1.29 is 13.2 Å². The molecule has 0 unspecified atom stereocenters. The van der Waals surface area contributed by atoms with Gasteiger partial charge in [-0.15, -0.1) is 0 Å². The van der Waals surface area contributed by atoms with Crippen molar-refractivity contribution in [1.29, 1.82) is 0 Å². The molecule has 1 aromatic rings. The molecule has 0 radical (unpaired) electrons. The van der Waals surface area contributed by atoms with Crippen LogP contribution in [0.3, 0.4) is 0 Å². The van der Waals surface area contributed by atoms with E-state index in [-0.39, 0.29) is 4.90 Å². The topological polar surface area (TPSA) is 83.2 Å². The van der Waals surface area contributed by atoms with E-state index >= 15 is 0 Å². The van der Waals surface area contributed by atoms with Gasteiger partial charge in [0.05, 0.1) is 4.90 Å². The Labute approximate surface area is 127 Å². The normalized spacial score (nSPS) is 12.2. The molecule has 0 aliphatic carbocycles. The second-order valence-electron chi connectivity index (χ2n) is 5.36. The molecule has 21 heavy (non-hydrogen) atoms. The molecule has 6 nitrogen and oxygen atoms in total. The molecule has 0 aliphatic heterocycles. The molecule has 0 bridgehead atoms. The Hall–Kier alpha value is -0.890. The Morgan fingerprint density at radius 3 is 2.81 bits per heavy atom. The fourth-order valence-electron chi connectivity index (χ4n) is 1.72. The largest absolute Gasteiger partial charge is 0.381 e. The van der Waals surface area contributed by atoms with Crippen LogP contribution in [-0.2, 0) is 21.3 Å². The SMILES string of the molecule is CCNCc1cc(S(=O)(=O)NCCCOCC(C)C)c[nH]1. The second kappa shape index (κ2) is 9.19. The van der Waals surface area contributed by atoms with Crippen molar-refractivity contribution in [2.24, 2.45) is 5.92 Å². The summed E-state index contributed by atoms with van der Waals surface area (Å²) in [5, 5.41) is 3.14. The van der Waals surface area contributed by atoms with E-state index in [2.05, 4.69) is 28.9 Å². The van der Waals surface area contributed by atoms with Crippen molar-refractivity contribution in [3.05, 3.63) is 18.0 Å². The smallest absolute Gasteiger partial charge is 0.242 e. The molecular weight excluding hydrogens is 290 g/mol. The summed E-state index contributed by atoms with van der Waals surface area (Å²) < 4.78 is 32.1. The molecule has 0 spiro atoms. The first kappa shape index (κ1) is 18.2. The molecule has 7 heteroatoms. The molecule has 1 aromatic heterocycles. The summed E-state index contributed by atoms with van der Waals surface area (Å²) in [5.41, 5.74) is 0.859. The number of ether oxygens (including phenoxy) is 1. The molecule has 1 heterocycles. The third-order valence-electron chi connectivity index (χ3n) is 2.80. The summed E-state index contributed by atoms with van der Waals surface area (Å²) in [6, 6.07) is 1.65. The molecule has 0 fully saturated rings. The molecule has 1 rings (SSSR count). The first-order valence-electron chi connectivity index (χ1n) is 7.41. The molecule has 0 aromatic carbocycles. The highest BCUT2D eigenvalue weighted by atomic mass is 32.2. The predicted molar refractivity (Wildman–Crippen MR) is 83.6 cm³/mol. The molecular formula is C14H27N3O3S. The van der Waals surface area contributed by atoms with Crippen molar-refractivity contribution in [2.75, 3.05) is 26.3 Å². The third-order valence-corrected chi connectivity index (χ3v) is 4.24. The number of hydrogen-bond donors (Lipinski definition) is 3. The van der Waals surface area contributed by atoms with Crippen molar-refractivity contribution in [1.82, 2.24) is 15.0 Å². The molecule has 0 amide bonds. The highest BCUT2D eigenvalue weighted by Gasteiger charge is 2.15. The van der Waals surface area contributed by atoms with Crippen LogP contribution in [0.4, 0.5) is 0 Å². The van der Waals surface area contributed by atoms with Crippen LogP contribution in [0.5, 0.6) is 0 Å². The summed E-state index contributed by atoms with van der Waals surface area (Å²) in [4.78, 5) is 3.24. The van der Waals surface area contributed by atoms with Crippen LogP contribution < -0.4 is 10.0 Å². The highest BCUT2D eigenvalue weighted by Crippen LogP contribution is 2.10. The van der Waals surface area contributed by atoms with E-state index < -0.39 is 10.0 Å². The van der Waals surface area contributed by atoms with Gasteiger partial charge < -0.3 is 15.0 Å². The number of H-pyrrole nitrogens is 1. The number of aromatic nitrogens is 1. The lowest BCUT2D eigenvalue weighted by Gasteiger charge is -2.07. The van der Waals surface area contributed by atoms with E-state index in [1.54, 1.807) is 6.07 Å². The van der Waals surface area contributed by atoms with Crippen LogP contribution in [0, 0.1) is 5.92 Å². The Morgan fingerprint density at radius 1 is 1.38 bits per heavy atom. The molecule has 0 aliphatic rings. The van der Waals surface area contributed by atoms with Gasteiger partial charge in [-0.2, -0.15) is 0 Å². The van der Waals surface area contributed by atoms with Crippen LogP contribution in [-0.4, -0.2) is 39.7 Å². The van der Waals surface area contributed by atoms with E-state index in [9.17, 15) is 8.42 Å². The van der Waals surface area contributed by atoms with Crippen molar-refractivity contribution >= 4 is 10.0 Å². The van der Waals surface area contributed by atoms with E-state index in [0.717, 1.165) is 12.2 Å². The van der Waals surface area contributed by atoms with Crippen molar-refractivity contribution in [2.45, 2.75) is 38.6 Å². The summed E-state index contributed by atoms with van der Waals surface area (Å²) in [7, 11) is -3.43. The van der Waals surface area contributed by atoms with Gasteiger partial charge in [-0.1, -0.05) is 20.8 Å². The van der Waals surface area contributed by atoms with Gasteiger partial charge in [-0.3, -0.25) is 0 Å². The number of rotatable bonds is 11. The van der Waals surface area contributed by atoms with Crippen molar-refractivity contribution in [3.63, 3.8) is 0 Å². The van der Waals surface area contributed by atoms with Crippen LogP contribution >= 0.6 is 0 Å². The Kier molecular flexibility index (Phi) is 7.95. The number of aromatic amines is 1. The molecule has 3 N–H and O–H groups in total.